The maximum atomic E-state index is 11.9. The summed E-state index contributed by atoms with van der Waals surface area (Å²) in [6, 6.07) is 3.32. The predicted molar refractivity (Wildman–Crippen MR) is 67.1 cm³/mol. The molecule has 0 aliphatic carbocycles. The van der Waals surface area contributed by atoms with Crippen molar-refractivity contribution in [2.45, 2.75) is 5.51 Å². The molecule has 0 spiro atoms. The molecule has 0 saturated carbocycles. The molecule has 0 atom stereocenters. The summed E-state index contributed by atoms with van der Waals surface area (Å²) in [6.07, 6.45) is 1.51. The van der Waals surface area contributed by atoms with E-state index in [4.69, 9.17) is 18.0 Å². The van der Waals surface area contributed by atoms with Crippen molar-refractivity contribution in [3.8, 4) is 0 Å². The second-order valence-electron chi connectivity index (χ2n) is 2.98. The van der Waals surface area contributed by atoms with Gasteiger partial charge in [-0.1, -0.05) is 12.2 Å². The molecule has 1 rings (SSSR count). The third-order valence-electron chi connectivity index (χ3n) is 1.73. The topological polar surface area (TPSA) is 50.9 Å². The standard InChI is InChI=1S/C9H10F3N3S2/c10-9(11,12)17-5-4-15-8-6(7(13)16)2-1-3-14-8/h1-3H,4-5H2,(H2,13,16)(H,14,15). The summed E-state index contributed by atoms with van der Waals surface area (Å²) < 4.78 is 35.6. The van der Waals surface area contributed by atoms with Crippen LogP contribution >= 0.6 is 24.0 Å². The van der Waals surface area contributed by atoms with Crippen molar-refractivity contribution in [1.29, 1.82) is 0 Å². The number of hydrogen-bond donors (Lipinski definition) is 2. The zero-order valence-electron chi connectivity index (χ0n) is 8.62. The Morgan fingerprint density at radius 2 is 2.24 bits per heavy atom. The van der Waals surface area contributed by atoms with Crippen LogP contribution in [-0.4, -0.2) is 27.8 Å². The summed E-state index contributed by atoms with van der Waals surface area (Å²) in [5, 5.41) is 2.77. The second kappa shape index (κ2) is 6.06. The molecule has 0 radical (unpaired) electrons. The number of halogens is 3. The first-order valence-corrected chi connectivity index (χ1v) is 5.99. The number of hydrogen-bond acceptors (Lipinski definition) is 4. The normalized spacial score (nSPS) is 11.2. The molecule has 3 N–H and O–H groups in total. The molecule has 8 heteroatoms. The number of pyridine rings is 1. The number of rotatable bonds is 5. The lowest BCUT2D eigenvalue weighted by Crippen LogP contribution is -2.16. The molecule has 3 nitrogen and oxygen atoms in total. The van der Waals surface area contributed by atoms with Gasteiger partial charge in [0.1, 0.15) is 10.8 Å². The predicted octanol–water partition coefficient (Wildman–Crippen LogP) is 2.38. The van der Waals surface area contributed by atoms with Crippen molar-refractivity contribution in [1.82, 2.24) is 4.98 Å². The smallest absolute Gasteiger partial charge is 0.389 e. The number of nitrogens with one attached hydrogen (secondary N) is 1. The van der Waals surface area contributed by atoms with Gasteiger partial charge in [0.05, 0.1) is 5.56 Å². The maximum absolute atomic E-state index is 11.9. The minimum Gasteiger partial charge on any atom is -0.389 e. The molecular weight excluding hydrogens is 271 g/mol. The number of nitrogens with zero attached hydrogens (tertiary/aromatic N) is 1. The van der Waals surface area contributed by atoms with Gasteiger partial charge in [-0.15, -0.1) is 0 Å². The minimum absolute atomic E-state index is 0.0873. The van der Waals surface area contributed by atoms with E-state index in [2.05, 4.69) is 10.3 Å². The Morgan fingerprint density at radius 3 is 2.82 bits per heavy atom. The molecule has 1 heterocycles. The first kappa shape index (κ1) is 14.0. The largest absolute Gasteiger partial charge is 0.441 e. The van der Waals surface area contributed by atoms with Gasteiger partial charge in [0.15, 0.2) is 0 Å². The van der Waals surface area contributed by atoms with E-state index in [1.807, 2.05) is 0 Å². The molecule has 0 aliphatic heterocycles. The highest BCUT2D eigenvalue weighted by Gasteiger charge is 2.27. The Morgan fingerprint density at radius 1 is 1.53 bits per heavy atom. The Hall–Kier alpha value is -1.02. The lowest BCUT2D eigenvalue weighted by Gasteiger charge is -2.10. The van der Waals surface area contributed by atoms with E-state index in [9.17, 15) is 13.2 Å². The van der Waals surface area contributed by atoms with Crippen LogP contribution in [0.3, 0.4) is 0 Å². The lowest BCUT2D eigenvalue weighted by atomic mass is 10.2. The van der Waals surface area contributed by atoms with Crippen LogP contribution in [0.15, 0.2) is 18.3 Å². The summed E-state index contributed by atoms with van der Waals surface area (Å²) in [5.74, 6) is 0.305. The molecule has 1 aromatic heterocycles. The van der Waals surface area contributed by atoms with Gasteiger partial charge < -0.3 is 11.1 Å². The third kappa shape index (κ3) is 5.22. The maximum Gasteiger partial charge on any atom is 0.441 e. The number of thioether (sulfide) groups is 1. The van der Waals surface area contributed by atoms with Gasteiger partial charge in [-0.05, 0) is 23.9 Å². The van der Waals surface area contributed by atoms with Gasteiger partial charge >= 0.3 is 5.51 Å². The van der Waals surface area contributed by atoms with Crippen LogP contribution in [0.1, 0.15) is 5.56 Å². The molecule has 0 unspecified atom stereocenters. The van der Waals surface area contributed by atoms with Crippen molar-refractivity contribution in [2.75, 3.05) is 17.6 Å². The molecule has 0 bridgehead atoms. The van der Waals surface area contributed by atoms with E-state index in [-0.39, 0.29) is 29.0 Å². The van der Waals surface area contributed by atoms with E-state index in [0.717, 1.165) is 0 Å². The molecule has 0 aromatic carbocycles. The van der Waals surface area contributed by atoms with Crippen LogP contribution in [-0.2, 0) is 0 Å². The highest BCUT2D eigenvalue weighted by molar-refractivity contribution is 8.00. The Labute approximate surface area is 106 Å². The van der Waals surface area contributed by atoms with Crippen LogP contribution in [0, 0.1) is 0 Å². The van der Waals surface area contributed by atoms with E-state index in [1.54, 1.807) is 12.1 Å². The Bertz CT molecular complexity index is 395. The number of thiocarbonyl (C=S) groups is 1. The zero-order chi connectivity index (χ0) is 12.9. The summed E-state index contributed by atoms with van der Waals surface area (Å²) in [7, 11) is 0. The average molecular weight is 281 g/mol. The molecule has 0 amide bonds. The third-order valence-corrected chi connectivity index (χ3v) is 2.69. The highest BCUT2D eigenvalue weighted by Crippen LogP contribution is 2.29. The van der Waals surface area contributed by atoms with Gasteiger partial charge in [0, 0.05) is 18.5 Å². The van der Waals surface area contributed by atoms with Crippen molar-refractivity contribution in [2.24, 2.45) is 5.73 Å². The molecule has 0 aliphatic rings. The van der Waals surface area contributed by atoms with Crippen LogP contribution in [0.4, 0.5) is 19.0 Å². The van der Waals surface area contributed by atoms with E-state index < -0.39 is 5.51 Å². The Kier molecular flexibility index (Phi) is 5.01. The van der Waals surface area contributed by atoms with Crippen LogP contribution in [0.5, 0.6) is 0 Å². The molecule has 1 aromatic rings. The van der Waals surface area contributed by atoms with Crippen LogP contribution < -0.4 is 11.1 Å². The molecule has 0 saturated heterocycles. The summed E-state index contributed by atoms with van der Waals surface area (Å²) in [5.41, 5.74) is 1.77. The first-order valence-electron chi connectivity index (χ1n) is 4.59. The summed E-state index contributed by atoms with van der Waals surface area (Å²) in [6.45, 7) is 0.136. The SMILES string of the molecule is NC(=S)c1cccnc1NCCSC(F)(F)F. The number of alkyl halides is 3. The monoisotopic (exact) mass is 281 g/mol. The molecule has 94 valence electrons. The van der Waals surface area contributed by atoms with Gasteiger partial charge in [0.2, 0.25) is 0 Å². The van der Waals surface area contributed by atoms with E-state index >= 15 is 0 Å². The van der Waals surface area contributed by atoms with Gasteiger partial charge in [-0.3, -0.25) is 0 Å². The highest BCUT2D eigenvalue weighted by atomic mass is 32.2. The summed E-state index contributed by atoms with van der Waals surface area (Å²) in [4.78, 5) is 4.12. The van der Waals surface area contributed by atoms with Gasteiger partial charge in [-0.25, -0.2) is 4.98 Å². The first-order chi connectivity index (χ1) is 7.90. The number of aromatic nitrogens is 1. The summed E-state index contributed by atoms with van der Waals surface area (Å²) >= 11 is 4.71. The van der Waals surface area contributed by atoms with E-state index in [0.29, 0.717) is 11.4 Å². The molecular formula is C9H10F3N3S2. The van der Waals surface area contributed by atoms with Crippen molar-refractivity contribution in [3.63, 3.8) is 0 Å². The fourth-order valence-corrected chi connectivity index (χ4v) is 1.68. The Balaban J connectivity index is 2.49. The number of nitrogens with two attached hydrogens (primary N) is 1. The molecule has 17 heavy (non-hydrogen) atoms. The van der Waals surface area contributed by atoms with Gasteiger partial charge in [0.25, 0.3) is 0 Å². The van der Waals surface area contributed by atoms with Gasteiger partial charge in [-0.2, -0.15) is 13.2 Å². The zero-order valence-corrected chi connectivity index (χ0v) is 10.3. The second-order valence-corrected chi connectivity index (χ2v) is 4.58. The number of anilines is 1. The lowest BCUT2D eigenvalue weighted by molar-refractivity contribution is -0.0327. The van der Waals surface area contributed by atoms with E-state index in [1.165, 1.54) is 6.20 Å². The average Bonchev–Trinajstić information content (AvgIpc) is 2.23. The van der Waals surface area contributed by atoms with Crippen molar-refractivity contribution < 1.29 is 13.2 Å². The minimum atomic E-state index is -4.21. The fourth-order valence-electron chi connectivity index (χ4n) is 1.08. The van der Waals surface area contributed by atoms with Crippen LogP contribution in [0.2, 0.25) is 0 Å². The van der Waals surface area contributed by atoms with Crippen molar-refractivity contribution in [3.05, 3.63) is 23.9 Å². The van der Waals surface area contributed by atoms with Crippen LogP contribution in [0.25, 0.3) is 0 Å². The quantitative estimate of drug-likeness (QED) is 0.641. The van der Waals surface area contributed by atoms with Crippen molar-refractivity contribution >= 4 is 34.8 Å². The fraction of sp³-hybridized carbons (Fsp3) is 0.333. The molecule has 0 fully saturated rings.